The van der Waals surface area contributed by atoms with Crippen molar-refractivity contribution in [3.63, 3.8) is 0 Å². The monoisotopic (exact) mass is 320 g/mol. The highest BCUT2D eigenvalue weighted by Crippen LogP contribution is 2.68. The molecule has 0 N–H and O–H groups in total. The van der Waals surface area contributed by atoms with E-state index in [2.05, 4.69) is 39.0 Å². The van der Waals surface area contributed by atoms with Crippen LogP contribution in [-0.2, 0) is 0 Å². The van der Waals surface area contributed by atoms with E-state index in [1.807, 2.05) is 0 Å². The van der Waals surface area contributed by atoms with Crippen LogP contribution in [0.25, 0.3) is 0 Å². The molecule has 1 aromatic carbocycles. The molecule has 0 heterocycles. The maximum absolute atomic E-state index is 13.5. The van der Waals surface area contributed by atoms with Gasteiger partial charge < -0.3 is 0 Å². The van der Waals surface area contributed by atoms with Gasteiger partial charge in [0.05, 0.1) is 5.56 Å². The van der Waals surface area contributed by atoms with Crippen molar-refractivity contribution in [2.24, 2.45) is 17.3 Å². The predicted molar refractivity (Wildman–Crippen MR) is 87.0 cm³/mol. The van der Waals surface area contributed by atoms with E-state index in [1.54, 1.807) is 6.07 Å². The Morgan fingerprint density at radius 2 is 1.96 bits per heavy atom. The molecule has 3 atom stereocenters. The van der Waals surface area contributed by atoms with Gasteiger partial charge in [-0.1, -0.05) is 45.1 Å². The lowest BCUT2D eigenvalue weighted by Crippen LogP contribution is -2.01. The Hall–Kier alpha value is -1.51. The second kappa shape index (κ2) is 5.85. The number of rotatable bonds is 4. The average molecular weight is 320 g/mol. The van der Waals surface area contributed by atoms with Crippen LogP contribution >= 0.6 is 0 Å². The van der Waals surface area contributed by atoms with Crippen molar-refractivity contribution in [3.05, 3.63) is 58.9 Å². The van der Waals surface area contributed by atoms with E-state index in [-0.39, 0.29) is 11.3 Å². The van der Waals surface area contributed by atoms with Gasteiger partial charge in [-0.05, 0) is 59.3 Å². The maximum atomic E-state index is 13.5. The molecular formula is C20H23F3. The van der Waals surface area contributed by atoms with Gasteiger partial charge in [0.15, 0.2) is 0 Å². The van der Waals surface area contributed by atoms with E-state index < -0.39 is 17.8 Å². The van der Waals surface area contributed by atoms with E-state index in [1.165, 1.54) is 17.7 Å². The second-order valence-electron chi connectivity index (χ2n) is 7.33. The molecule has 0 nitrogen and oxygen atoms in total. The first-order chi connectivity index (χ1) is 10.9. The zero-order valence-corrected chi connectivity index (χ0v) is 13.8. The van der Waals surface area contributed by atoms with E-state index in [0.29, 0.717) is 11.8 Å². The first-order valence-electron chi connectivity index (χ1n) is 8.32. The van der Waals surface area contributed by atoms with E-state index in [4.69, 9.17) is 0 Å². The zero-order chi connectivity index (χ0) is 16.8. The van der Waals surface area contributed by atoms with Crippen molar-refractivity contribution < 1.29 is 13.2 Å². The van der Waals surface area contributed by atoms with Crippen LogP contribution in [0.4, 0.5) is 13.2 Å². The minimum atomic E-state index is -2.77. The molecule has 2 aliphatic rings. The lowest BCUT2D eigenvalue weighted by molar-refractivity contribution is 0.146. The topological polar surface area (TPSA) is 0 Å². The van der Waals surface area contributed by atoms with Crippen LogP contribution in [0.3, 0.4) is 0 Å². The van der Waals surface area contributed by atoms with Crippen LogP contribution in [0.5, 0.6) is 0 Å². The van der Waals surface area contributed by atoms with Crippen molar-refractivity contribution >= 4 is 0 Å². The second-order valence-corrected chi connectivity index (χ2v) is 7.33. The number of allylic oxidation sites excluding steroid dienone is 4. The third-order valence-corrected chi connectivity index (χ3v) is 5.54. The summed E-state index contributed by atoms with van der Waals surface area (Å²) in [7, 11) is 0. The van der Waals surface area contributed by atoms with E-state index >= 15 is 0 Å². The number of hydrogen-bond acceptors (Lipinski definition) is 0. The van der Waals surface area contributed by atoms with Crippen LogP contribution in [-0.4, -0.2) is 0 Å². The normalized spacial score (nSPS) is 28.8. The number of benzene rings is 1. The van der Waals surface area contributed by atoms with Gasteiger partial charge in [-0.3, -0.25) is 0 Å². The lowest BCUT2D eigenvalue weighted by atomic mass is 9.91. The molecular weight excluding hydrogens is 297 g/mol. The zero-order valence-electron chi connectivity index (χ0n) is 13.8. The molecule has 2 aliphatic carbocycles. The third kappa shape index (κ3) is 2.86. The van der Waals surface area contributed by atoms with Gasteiger partial charge in [0.2, 0.25) is 0 Å². The fraction of sp³-hybridized carbons (Fsp3) is 0.500. The van der Waals surface area contributed by atoms with Crippen LogP contribution in [0, 0.1) is 23.1 Å². The van der Waals surface area contributed by atoms with Crippen LogP contribution in [0.1, 0.15) is 57.1 Å². The minimum absolute atomic E-state index is 0.0203. The Bertz CT molecular complexity index is 655. The summed E-state index contributed by atoms with van der Waals surface area (Å²) < 4.78 is 39.4. The van der Waals surface area contributed by atoms with Gasteiger partial charge in [0, 0.05) is 0 Å². The lowest BCUT2D eigenvalue weighted by Gasteiger charge is -2.15. The number of alkyl halides is 2. The van der Waals surface area contributed by atoms with Crippen molar-refractivity contribution in [1.29, 1.82) is 0 Å². The molecule has 1 fully saturated rings. The Kier molecular flexibility index (Phi) is 4.16. The fourth-order valence-corrected chi connectivity index (χ4v) is 4.02. The molecule has 1 saturated carbocycles. The predicted octanol–water partition coefficient (Wildman–Crippen LogP) is 6.42. The van der Waals surface area contributed by atoms with E-state index in [0.717, 1.165) is 18.4 Å². The molecule has 23 heavy (non-hydrogen) atoms. The maximum Gasteiger partial charge on any atom is 0.266 e. The summed E-state index contributed by atoms with van der Waals surface area (Å²) in [5.41, 5.74) is 1.66. The van der Waals surface area contributed by atoms with Gasteiger partial charge in [-0.15, -0.1) is 0 Å². The molecule has 0 aromatic heterocycles. The van der Waals surface area contributed by atoms with Crippen molar-refractivity contribution in [2.45, 2.75) is 46.0 Å². The average Bonchev–Trinajstić information content (AvgIpc) is 3.10. The molecule has 0 saturated heterocycles. The van der Waals surface area contributed by atoms with E-state index in [9.17, 15) is 13.2 Å². The Morgan fingerprint density at radius 3 is 2.52 bits per heavy atom. The Labute approximate surface area is 136 Å². The molecule has 0 radical (unpaired) electrons. The molecule has 0 aliphatic heterocycles. The van der Waals surface area contributed by atoms with Gasteiger partial charge in [0.1, 0.15) is 5.82 Å². The minimum Gasteiger partial charge on any atom is -0.206 e. The first-order valence-corrected chi connectivity index (χ1v) is 8.32. The molecule has 124 valence electrons. The van der Waals surface area contributed by atoms with Crippen LogP contribution < -0.4 is 0 Å². The number of hydrogen-bond donors (Lipinski definition) is 0. The summed E-state index contributed by atoms with van der Waals surface area (Å²) in [6, 6.07) is 4.20. The third-order valence-electron chi connectivity index (χ3n) is 5.54. The highest BCUT2D eigenvalue weighted by atomic mass is 19.3. The molecule has 3 unspecified atom stereocenters. The van der Waals surface area contributed by atoms with Gasteiger partial charge in [0.25, 0.3) is 6.43 Å². The molecule has 0 amide bonds. The molecule has 3 heteroatoms. The van der Waals surface area contributed by atoms with Gasteiger partial charge in [-0.25, -0.2) is 13.2 Å². The van der Waals surface area contributed by atoms with Gasteiger partial charge >= 0.3 is 0 Å². The summed E-state index contributed by atoms with van der Waals surface area (Å²) in [6.07, 6.45) is 6.16. The van der Waals surface area contributed by atoms with Crippen molar-refractivity contribution in [3.8, 4) is 0 Å². The summed E-state index contributed by atoms with van der Waals surface area (Å²) >= 11 is 0. The summed E-state index contributed by atoms with van der Waals surface area (Å²) in [4.78, 5) is 0. The van der Waals surface area contributed by atoms with Crippen LogP contribution in [0.15, 0.2) is 42.0 Å². The molecule has 3 rings (SSSR count). The summed E-state index contributed by atoms with van der Waals surface area (Å²) in [5, 5.41) is 0. The smallest absolute Gasteiger partial charge is 0.206 e. The summed E-state index contributed by atoms with van der Waals surface area (Å²) in [5.74, 6) is 0.291. The highest BCUT2D eigenvalue weighted by Gasteiger charge is 2.59. The molecule has 0 bridgehead atoms. The van der Waals surface area contributed by atoms with Crippen molar-refractivity contribution in [1.82, 2.24) is 0 Å². The standard InChI is InChI=1S/C20H23F3/c1-4-12-5-7-13(8-6-12)17-18(20(17,2)3)14-9-10-16(21)15(11-14)19(22)23/h5,7-12,17-19H,4,6H2,1-3H3. The number of halogens is 3. The highest BCUT2D eigenvalue weighted by molar-refractivity contribution is 5.44. The molecule has 0 spiro atoms. The fourth-order valence-electron chi connectivity index (χ4n) is 4.02. The SMILES string of the molecule is CCC1C=CC(C2C(c3ccc(F)c(C(F)F)c3)C2(C)C)=CC1. The Morgan fingerprint density at radius 1 is 1.22 bits per heavy atom. The van der Waals surface area contributed by atoms with Crippen LogP contribution in [0.2, 0.25) is 0 Å². The Balaban J connectivity index is 1.86. The largest absolute Gasteiger partial charge is 0.266 e. The quantitative estimate of drug-likeness (QED) is 0.601. The van der Waals surface area contributed by atoms with Crippen molar-refractivity contribution in [2.75, 3.05) is 0 Å². The first kappa shape index (κ1) is 16.4. The summed E-state index contributed by atoms with van der Waals surface area (Å²) in [6.45, 7) is 6.50. The van der Waals surface area contributed by atoms with Gasteiger partial charge in [-0.2, -0.15) is 0 Å². The molecule has 1 aromatic rings.